The number of rotatable bonds is 6. The van der Waals surface area contributed by atoms with Gasteiger partial charge in [0.2, 0.25) is 0 Å². The first-order valence-electron chi connectivity index (χ1n) is 9.75. The van der Waals surface area contributed by atoms with Gasteiger partial charge in [-0.1, -0.05) is 23.7 Å². The lowest BCUT2D eigenvalue weighted by Gasteiger charge is -2.38. The van der Waals surface area contributed by atoms with Gasteiger partial charge >= 0.3 is 0 Å². The van der Waals surface area contributed by atoms with Crippen molar-refractivity contribution in [2.45, 2.75) is 44.2 Å². The van der Waals surface area contributed by atoms with Crippen LogP contribution in [0, 0.1) is 0 Å². The summed E-state index contributed by atoms with van der Waals surface area (Å²) < 4.78 is 5.35. The van der Waals surface area contributed by atoms with Crippen LogP contribution in [0.4, 0.5) is 5.82 Å². The molecule has 1 aliphatic carbocycles. The van der Waals surface area contributed by atoms with Gasteiger partial charge in [-0.25, -0.2) is 9.97 Å². The van der Waals surface area contributed by atoms with Gasteiger partial charge in [-0.3, -0.25) is 4.90 Å². The maximum atomic E-state index is 6.50. The smallest absolute Gasteiger partial charge is 0.137 e. The van der Waals surface area contributed by atoms with E-state index in [4.69, 9.17) is 21.3 Å². The van der Waals surface area contributed by atoms with Crippen LogP contribution in [0.25, 0.3) is 0 Å². The Bertz CT molecular complexity index is 796. The minimum atomic E-state index is 0.449. The van der Waals surface area contributed by atoms with Gasteiger partial charge in [0.05, 0.1) is 12.1 Å². The SMILES string of the molecule is COc1cccc(CN2CCCC(N(C)c3ccnc(C4CC4)n3)C2)c1Cl. The Labute approximate surface area is 166 Å². The van der Waals surface area contributed by atoms with E-state index in [1.807, 2.05) is 24.4 Å². The second kappa shape index (κ2) is 8.03. The number of hydrogen-bond donors (Lipinski definition) is 0. The highest BCUT2D eigenvalue weighted by molar-refractivity contribution is 6.32. The van der Waals surface area contributed by atoms with Gasteiger partial charge in [-0.15, -0.1) is 0 Å². The van der Waals surface area contributed by atoms with E-state index in [2.05, 4.69) is 27.9 Å². The Morgan fingerprint density at radius 3 is 2.89 bits per heavy atom. The van der Waals surface area contributed by atoms with Crippen LogP contribution < -0.4 is 9.64 Å². The van der Waals surface area contributed by atoms with Gasteiger partial charge in [0, 0.05) is 38.3 Å². The fourth-order valence-electron chi connectivity index (χ4n) is 3.85. The summed E-state index contributed by atoms with van der Waals surface area (Å²) >= 11 is 6.50. The highest BCUT2D eigenvalue weighted by atomic mass is 35.5. The molecule has 4 rings (SSSR count). The van der Waals surface area contributed by atoms with Crippen LogP contribution >= 0.6 is 11.6 Å². The van der Waals surface area contributed by atoms with E-state index in [0.717, 1.165) is 47.6 Å². The molecule has 1 aromatic carbocycles. The first-order chi connectivity index (χ1) is 13.2. The van der Waals surface area contributed by atoms with Crippen molar-refractivity contribution in [3.63, 3.8) is 0 Å². The van der Waals surface area contributed by atoms with Crippen molar-refractivity contribution in [2.24, 2.45) is 0 Å². The van der Waals surface area contributed by atoms with Gasteiger partial charge in [0.1, 0.15) is 17.4 Å². The zero-order valence-electron chi connectivity index (χ0n) is 16.1. The van der Waals surface area contributed by atoms with Crippen molar-refractivity contribution in [2.75, 3.05) is 32.1 Å². The lowest BCUT2D eigenvalue weighted by molar-refractivity contribution is 0.198. The van der Waals surface area contributed by atoms with Crippen LogP contribution in [0.5, 0.6) is 5.75 Å². The van der Waals surface area contributed by atoms with Crippen molar-refractivity contribution < 1.29 is 4.74 Å². The molecule has 2 aliphatic rings. The van der Waals surface area contributed by atoms with E-state index in [1.165, 1.54) is 25.7 Å². The summed E-state index contributed by atoms with van der Waals surface area (Å²) in [7, 11) is 3.82. The number of piperidine rings is 1. The Kier molecular flexibility index (Phi) is 5.50. The second-order valence-corrected chi connectivity index (χ2v) is 8.00. The summed E-state index contributed by atoms with van der Waals surface area (Å²) in [4.78, 5) is 14.1. The quantitative estimate of drug-likeness (QED) is 0.747. The number of likely N-dealkylation sites (N-methyl/N-ethyl adjacent to an activating group) is 1. The molecule has 1 aromatic heterocycles. The Morgan fingerprint density at radius 2 is 2.11 bits per heavy atom. The van der Waals surface area contributed by atoms with E-state index < -0.39 is 0 Å². The van der Waals surface area contributed by atoms with E-state index in [0.29, 0.717) is 12.0 Å². The molecule has 27 heavy (non-hydrogen) atoms. The maximum Gasteiger partial charge on any atom is 0.137 e. The molecule has 2 fully saturated rings. The zero-order valence-corrected chi connectivity index (χ0v) is 16.8. The zero-order chi connectivity index (χ0) is 18.8. The summed E-state index contributed by atoms with van der Waals surface area (Å²) in [6.07, 6.45) is 6.72. The molecule has 144 valence electrons. The lowest BCUT2D eigenvalue weighted by Crippen LogP contribution is -2.46. The van der Waals surface area contributed by atoms with Gasteiger partial charge in [0.25, 0.3) is 0 Å². The normalized spacial score (nSPS) is 20.5. The minimum absolute atomic E-state index is 0.449. The minimum Gasteiger partial charge on any atom is -0.495 e. The molecule has 0 spiro atoms. The third-order valence-corrected chi connectivity index (χ3v) is 6.08. The molecule has 1 unspecified atom stereocenters. The van der Waals surface area contributed by atoms with Crippen molar-refractivity contribution in [3.05, 3.63) is 46.9 Å². The third-order valence-electron chi connectivity index (χ3n) is 5.65. The van der Waals surface area contributed by atoms with Gasteiger partial charge in [-0.2, -0.15) is 0 Å². The fourth-order valence-corrected chi connectivity index (χ4v) is 4.12. The molecule has 1 saturated carbocycles. The van der Waals surface area contributed by atoms with Gasteiger partial charge in [-0.05, 0) is 49.9 Å². The average molecular weight is 387 g/mol. The van der Waals surface area contributed by atoms with Crippen molar-refractivity contribution in [1.29, 1.82) is 0 Å². The second-order valence-electron chi connectivity index (χ2n) is 7.62. The predicted molar refractivity (Wildman–Crippen MR) is 109 cm³/mol. The van der Waals surface area contributed by atoms with Crippen LogP contribution in [-0.4, -0.2) is 48.2 Å². The lowest BCUT2D eigenvalue weighted by atomic mass is 10.0. The third kappa shape index (κ3) is 4.19. The Balaban J connectivity index is 1.44. The maximum absolute atomic E-state index is 6.50. The number of halogens is 1. The number of aromatic nitrogens is 2. The van der Waals surface area contributed by atoms with Crippen molar-refractivity contribution in [3.8, 4) is 5.75 Å². The number of methoxy groups -OCH3 is 1. The topological polar surface area (TPSA) is 41.5 Å². The predicted octanol–water partition coefficient (Wildman–Crippen LogP) is 4.12. The Hall–Kier alpha value is -1.85. The average Bonchev–Trinajstić information content (AvgIpc) is 3.55. The van der Waals surface area contributed by atoms with E-state index >= 15 is 0 Å². The Morgan fingerprint density at radius 1 is 1.26 bits per heavy atom. The van der Waals surface area contributed by atoms with Crippen LogP contribution in [0.15, 0.2) is 30.5 Å². The molecule has 1 saturated heterocycles. The molecule has 0 N–H and O–H groups in total. The number of anilines is 1. The van der Waals surface area contributed by atoms with E-state index in [9.17, 15) is 0 Å². The number of likely N-dealkylation sites (tertiary alicyclic amines) is 1. The summed E-state index contributed by atoms with van der Waals surface area (Å²) in [5.74, 6) is 3.37. The number of benzene rings is 1. The van der Waals surface area contributed by atoms with Crippen molar-refractivity contribution in [1.82, 2.24) is 14.9 Å². The largest absolute Gasteiger partial charge is 0.495 e. The van der Waals surface area contributed by atoms with E-state index in [1.54, 1.807) is 7.11 Å². The number of hydrogen-bond acceptors (Lipinski definition) is 5. The summed E-state index contributed by atoms with van der Waals surface area (Å²) in [5, 5.41) is 0.723. The number of nitrogens with zero attached hydrogens (tertiary/aromatic N) is 4. The molecule has 1 aliphatic heterocycles. The summed E-state index contributed by atoms with van der Waals surface area (Å²) in [5.41, 5.74) is 1.12. The molecule has 1 atom stereocenters. The standard InChI is InChI=1S/C21H27ClN4O/c1-25(19-10-11-23-21(24-19)15-8-9-15)17-6-4-12-26(14-17)13-16-5-3-7-18(27-2)20(16)22/h3,5,7,10-11,15,17H,4,6,8-9,12-14H2,1-2H3. The first-order valence-corrected chi connectivity index (χ1v) is 10.1. The molecule has 0 amide bonds. The molecular formula is C21H27ClN4O. The van der Waals surface area contributed by atoms with Crippen LogP contribution in [0.2, 0.25) is 5.02 Å². The van der Waals surface area contributed by atoms with Crippen LogP contribution in [0.3, 0.4) is 0 Å². The van der Waals surface area contributed by atoms with Crippen LogP contribution in [-0.2, 0) is 6.54 Å². The number of ether oxygens (including phenoxy) is 1. The summed E-state index contributed by atoms with van der Waals surface area (Å²) in [6.45, 7) is 2.94. The van der Waals surface area contributed by atoms with Crippen molar-refractivity contribution >= 4 is 17.4 Å². The molecule has 0 radical (unpaired) electrons. The summed E-state index contributed by atoms with van der Waals surface area (Å²) in [6, 6.07) is 8.48. The monoisotopic (exact) mass is 386 g/mol. The molecule has 2 aromatic rings. The molecular weight excluding hydrogens is 360 g/mol. The van der Waals surface area contributed by atoms with Crippen LogP contribution in [0.1, 0.15) is 43.0 Å². The molecule has 2 heterocycles. The molecule has 5 nitrogen and oxygen atoms in total. The highest BCUT2D eigenvalue weighted by Gasteiger charge is 2.28. The first kappa shape index (κ1) is 18.5. The molecule has 0 bridgehead atoms. The highest BCUT2D eigenvalue weighted by Crippen LogP contribution is 2.38. The van der Waals surface area contributed by atoms with E-state index in [-0.39, 0.29) is 0 Å². The fraction of sp³-hybridized carbons (Fsp3) is 0.524. The van der Waals surface area contributed by atoms with Gasteiger partial charge in [0.15, 0.2) is 0 Å². The van der Waals surface area contributed by atoms with Gasteiger partial charge < -0.3 is 9.64 Å². The molecule has 6 heteroatoms.